The highest BCUT2D eigenvalue weighted by Gasteiger charge is 2.23. The van der Waals surface area contributed by atoms with Crippen molar-refractivity contribution in [3.05, 3.63) is 45.6 Å². The number of halogens is 1. The first kappa shape index (κ1) is 13.0. The number of thioether (sulfide) groups is 1. The molecule has 3 rings (SSSR count). The minimum Gasteiger partial charge on any atom is -0.307 e. The second-order valence-corrected chi connectivity index (χ2v) is 7.08. The molecule has 2 heterocycles. The second-order valence-electron chi connectivity index (χ2n) is 4.23. The van der Waals surface area contributed by atoms with Gasteiger partial charge in [0.15, 0.2) is 0 Å². The SMILES string of the molecule is O=C(c1ccc(Cl)s1)N1CCCSc2ccccc21. The van der Waals surface area contributed by atoms with Crippen molar-refractivity contribution >= 4 is 46.3 Å². The first-order chi connectivity index (χ1) is 9.25. The van der Waals surface area contributed by atoms with Gasteiger partial charge in [0.2, 0.25) is 0 Å². The van der Waals surface area contributed by atoms with Gasteiger partial charge in [-0.05, 0) is 36.4 Å². The number of rotatable bonds is 1. The lowest BCUT2D eigenvalue weighted by atomic mass is 10.2. The van der Waals surface area contributed by atoms with E-state index in [1.165, 1.54) is 16.2 Å². The van der Waals surface area contributed by atoms with Crippen molar-refractivity contribution in [2.45, 2.75) is 11.3 Å². The van der Waals surface area contributed by atoms with E-state index in [1.54, 1.807) is 12.1 Å². The summed E-state index contributed by atoms with van der Waals surface area (Å²) in [4.78, 5) is 16.3. The van der Waals surface area contributed by atoms with E-state index in [2.05, 4.69) is 6.07 Å². The van der Waals surface area contributed by atoms with Gasteiger partial charge < -0.3 is 4.90 Å². The van der Waals surface area contributed by atoms with Gasteiger partial charge in [0.05, 0.1) is 14.9 Å². The number of anilines is 1. The van der Waals surface area contributed by atoms with Crippen LogP contribution in [0.2, 0.25) is 4.34 Å². The number of para-hydroxylation sites is 1. The summed E-state index contributed by atoms with van der Waals surface area (Å²) in [7, 11) is 0. The van der Waals surface area contributed by atoms with Crippen molar-refractivity contribution < 1.29 is 4.79 Å². The molecule has 0 radical (unpaired) electrons. The number of hydrogen-bond donors (Lipinski definition) is 0. The summed E-state index contributed by atoms with van der Waals surface area (Å²) in [6.45, 7) is 0.762. The van der Waals surface area contributed by atoms with Crippen molar-refractivity contribution in [3.63, 3.8) is 0 Å². The van der Waals surface area contributed by atoms with Crippen LogP contribution in [0.1, 0.15) is 16.1 Å². The molecular weight excluding hydrogens is 298 g/mol. The smallest absolute Gasteiger partial charge is 0.268 e. The maximum Gasteiger partial charge on any atom is 0.268 e. The van der Waals surface area contributed by atoms with E-state index in [9.17, 15) is 4.79 Å². The van der Waals surface area contributed by atoms with Crippen LogP contribution < -0.4 is 4.90 Å². The summed E-state index contributed by atoms with van der Waals surface area (Å²) in [5.41, 5.74) is 1.01. The topological polar surface area (TPSA) is 20.3 Å². The predicted octanol–water partition coefficient (Wildman–Crippen LogP) is 4.54. The van der Waals surface area contributed by atoms with E-state index >= 15 is 0 Å². The second kappa shape index (κ2) is 5.57. The van der Waals surface area contributed by atoms with Crippen LogP contribution in [0.3, 0.4) is 0 Å². The number of carbonyl (C=O) groups is 1. The molecule has 0 fully saturated rings. The van der Waals surface area contributed by atoms with E-state index < -0.39 is 0 Å². The number of amides is 1. The quantitative estimate of drug-likeness (QED) is 0.770. The minimum atomic E-state index is 0.0480. The lowest BCUT2D eigenvalue weighted by Gasteiger charge is -2.21. The number of fused-ring (bicyclic) bond motifs is 1. The molecule has 5 heteroatoms. The molecule has 0 spiro atoms. The summed E-state index contributed by atoms with van der Waals surface area (Å²) in [6, 6.07) is 11.7. The molecule has 1 aromatic heterocycles. The van der Waals surface area contributed by atoms with Crippen molar-refractivity contribution in [3.8, 4) is 0 Å². The van der Waals surface area contributed by atoms with E-state index in [4.69, 9.17) is 11.6 Å². The first-order valence-corrected chi connectivity index (χ1v) is 8.23. The number of nitrogens with zero attached hydrogens (tertiary/aromatic N) is 1. The fourth-order valence-electron chi connectivity index (χ4n) is 2.10. The summed E-state index contributed by atoms with van der Waals surface area (Å²) in [5.74, 6) is 1.10. The van der Waals surface area contributed by atoms with Gasteiger partial charge in [-0.2, -0.15) is 0 Å². The zero-order valence-electron chi connectivity index (χ0n) is 10.1. The molecule has 0 N–H and O–H groups in total. The normalized spacial score (nSPS) is 14.9. The van der Waals surface area contributed by atoms with Crippen LogP contribution in [0.15, 0.2) is 41.3 Å². The van der Waals surface area contributed by atoms with Crippen molar-refractivity contribution in [1.29, 1.82) is 0 Å². The maximum absolute atomic E-state index is 12.6. The molecule has 0 unspecified atom stereocenters. The molecular formula is C14H12ClNOS2. The standard InChI is InChI=1S/C14H12ClNOS2/c15-13-7-6-12(19-13)14(17)16-8-3-9-18-11-5-2-1-4-10(11)16/h1-2,4-7H,3,8-9H2. The monoisotopic (exact) mass is 309 g/mol. The minimum absolute atomic E-state index is 0.0480. The van der Waals surface area contributed by atoms with Gasteiger partial charge in [0, 0.05) is 11.4 Å². The zero-order valence-corrected chi connectivity index (χ0v) is 12.5. The van der Waals surface area contributed by atoms with Crippen LogP contribution in [-0.2, 0) is 0 Å². The Kier molecular flexibility index (Phi) is 3.82. The van der Waals surface area contributed by atoms with Crippen LogP contribution >= 0.6 is 34.7 Å². The molecule has 19 heavy (non-hydrogen) atoms. The molecule has 2 aromatic rings. The van der Waals surface area contributed by atoms with Crippen LogP contribution in [0.25, 0.3) is 0 Å². The van der Waals surface area contributed by atoms with Gasteiger partial charge in [-0.15, -0.1) is 23.1 Å². The number of hydrogen-bond acceptors (Lipinski definition) is 3. The largest absolute Gasteiger partial charge is 0.307 e. The number of benzene rings is 1. The third-order valence-electron chi connectivity index (χ3n) is 2.97. The van der Waals surface area contributed by atoms with E-state index in [-0.39, 0.29) is 5.91 Å². The highest BCUT2D eigenvalue weighted by Crippen LogP contribution is 2.35. The van der Waals surface area contributed by atoms with Crippen molar-refractivity contribution in [1.82, 2.24) is 0 Å². The van der Waals surface area contributed by atoms with Crippen LogP contribution in [0, 0.1) is 0 Å². The molecule has 1 amide bonds. The number of carbonyl (C=O) groups excluding carboxylic acids is 1. The molecule has 0 saturated carbocycles. The third-order valence-corrected chi connectivity index (χ3v) is 5.34. The maximum atomic E-state index is 12.6. The Labute approximate surface area is 125 Å². The van der Waals surface area contributed by atoms with Crippen LogP contribution in [0.4, 0.5) is 5.69 Å². The van der Waals surface area contributed by atoms with E-state index in [0.717, 1.165) is 24.4 Å². The van der Waals surface area contributed by atoms with Gasteiger partial charge in [0.25, 0.3) is 5.91 Å². The molecule has 98 valence electrons. The van der Waals surface area contributed by atoms with Crippen LogP contribution in [-0.4, -0.2) is 18.2 Å². The number of thiophene rings is 1. The lowest BCUT2D eigenvalue weighted by molar-refractivity contribution is 0.0990. The Hall–Kier alpha value is -0.970. The van der Waals surface area contributed by atoms with E-state index in [1.807, 2.05) is 34.9 Å². The first-order valence-electron chi connectivity index (χ1n) is 6.05. The van der Waals surface area contributed by atoms with Crippen molar-refractivity contribution in [2.24, 2.45) is 0 Å². The highest BCUT2D eigenvalue weighted by atomic mass is 35.5. The molecule has 0 atom stereocenters. The fourth-order valence-corrected chi connectivity index (χ4v) is 4.09. The summed E-state index contributed by atoms with van der Waals surface area (Å²) in [6.07, 6.45) is 1.00. The Morgan fingerprint density at radius 2 is 2.05 bits per heavy atom. The summed E-state index contributed by atoms with van der Waals surface area (Å²) < 4.78 is 0.654. The average molecular weight is 310 g/mol. The Morgan fingerprint density at radius 1 is 1.21 bits per heavy atom. The molecule has 1 aromatic carbocycles. The zero-order chi connectivity index (χ0) is 13.2. The van der Waals surface area contributed by atoms with Gasteiger partial charge in [-0.25, -0.2) is 0 Å². The van der Waals surface area contributed by atoms with Gasteiger partial charge in [-0.3, -0.25) is 4.79 Å². The Bertz CT molecular complexity index is 611. The van der Waals surface area contributed by atoms with Crippen LogP contribution in [0.5, 0.6) is 0 Å². The van der Waals surface area contributed by atoms with E-state index in [0.29, 0.717) is 9.21 Å². The average Bonchev–Trinajstić information content (AvgIpc) is 2.74. The Morgan fingerprint density at radius 3 is 2.84 bits per heavy atom. The summed E-state index contributed by atoms with van der Waals surface area (Å²) in [5, 5.41) is 0. The van der Waals surface area contributed by atoms with Gasteiger partial charge in [-0.1, -0.05) is 23.7 Å². The van der Waals surface area contributed by atoms with Gasteiger partial charge in [0.1, 0.15) is 0 Å². The molecule has 1 aliphatic heterocycles. The van der Waals surface area contributed by atoms with Crippen molar-refractivity contribution in [2.75, 3.05) is 17.2 Å². The molecule has 1 aliphatic rings. The molecule has 0 saturated heterocycles. The summed E-state index contributed by atoms with van der Waals surface area (Å²) >= 11 is 9.07. The molecule has 0 bridgehead atoms. The van der Waals surface area contributed by atoms with Gasteiger partial charge >= 0.3 is 0 Å². The third kappa shape index (κ3) is 2.66. The predicted molar refractivity (Wildman–Crippen MR) is 82.8 cm³/mol. The lowest BCUT2D eigenvalue weighted by Crippen LogP contribution is -2.31. The molecule has 0 aliphatic carbocycles. The molecule has 2 nitrogen and oxygen atoms in total. The highest BCUT2D eigenvalue weighted by molar-refractivity contribution is 7.99. The Balaban J connectivity index is 1.98. The fraction of sp³-hybridized carbons (Fsp3) is 0.214.